The van der Waals surface area contributed by atoms with Gasteiger partial charge in [0.2, 0.25) is 0 Å². The molecule has 2 aromatic rings. The summed E-state index contributed by atoms with van der Waals surface area (Å²) in [7, 11) is 0. The molecule has 136 valence electrons. The van der Waals surface area contributed by atoms with Crippen LogP contribution >= 0.6 is 29.9 Å². The van der Waals surface area contributed by atoms with E-state index >= 15 is 0 Å². The molecule has 0 bridgehead atoms. The van der Waals surface area contributed by atoms with Crippen LogP contribution in [0.25, 0.3) is 0 Å². The van der Waals surface area contributed by atoms with Gasteiger partial charge in [0.05, 0.1) is 13.2 Å². The zero-order chi connectivity index (χ0) is 18.5. The van der Waals surface area contributed by atoms with Crippen molar-refractivity contribution in [3.8, 4) is 0 Å². The van der Waals surface area contributed by atoms with Crippen molar-refractivity contribution >= 4 is 41.7 Å². The maximum absolute atomic E-state index is 6.35. The van der Waals surface area contributed by atoms with Crippen molar-refractivity contribution in [3.05, 3.63) is 69.7 Å². The topological polar surface area (TPSA) is 27.7 Å². The fourth-order valence-corrected chi connectivity index (χ4v) is 5.24. The van der Waals surface area contributed by atoms with E-state index in [0.717, 1.165) is 11.1 Å². The van der Waals surface area contributed by atoms with E-state index in [1.165, 1.54) is 0 Å². The second-order valence-electron chi connectivity index (χ2n) is 5.42. The normalized spacial score (nSPS) is 12.4. The molecule has 0 aliphatic heterocycles. The van der Waals surface area contributed by atoms with Gasteiger partial charge < -0.3 is 9.05 Å². The van der Waals surface area contributed by atoms with E-state index in [4.69, 9.17) is 48.6 Å². The van der Waals surface area contributed by atoms with Crippen LogP contribution in [0.1, 0.15) is 31.9 Å². The second kappa shape index (κ2) is 8.96. The van der Waals surface area contributed by atoms with Gasteiger partial charge in [0, 0.05) is 10.0 Å². The summed E-state index contributed by atoms with van der Waals surface area (Å²) in [6.07, 6.45) is 0. The summed E-state index contributed by atoms with van der Waals surface area (Å²) in [5.74, 6) is 0. The molecular weight excluding hydrogens is 398 g/mol. The Kier molecular flexibility index (Phi) is 7.48. The first-order chi connectivity index (χ1) is 11.8. The molecule has 0 radical (unpaired) electrons. The summed E-state index contributed by atoms with van der Waals surface area (Å²) in [6, 6.07) is 14.9. The highest BCUT2D eigenvalue weighted by Gasteiger charge is 2.37. The lowest BCUT2D eigenvalue weighted by Crippen LogP contribution is -2.27. The summed E-state index contributed by atoms with van der Waals surface area (Å²) in [5, 5.41) is 1.30. The molecule has 0 saturated carbocycles. The molecule has 0 aliphatic carbocycles. The van der Waals surface area contributed by atoms with E-state index < -0.39 is 12.3 Å². The van der Waals surface area contributed by atoms with Crippen molar-refractivity contribution in [2.75, 3.05) is 13.2 Å². The van der Waals surface area contributed by atoms with Crippen molar-refractivity contribution in [3.63, 3.8) is 0 Å². The number of hydrogen-bond acceptors (Lipinski definition) is 4. The zero-order valence-electron chi connectivity index (χ0n) is 14.4. The maximum atomic E-state index is 6.35. The van der Waals surface area contributed by atoms with Crippen molar-refractivity contribution < 1.29 is 13.6 Å². The molecule has 0 aromatic heterocycles. The third-order valence-electron chi connectivity index (χ3n) is 3.66. The monoisotopic (exact) mass is 418 g/mol. The van der Waals surface area contributed by atoms with Gasteiger partial charge in [-0.25, -0.2) is 0 Å². The number of rotatable bonds is 8. The first-order valence-electron chi connectivity index (χ1n) is 7.95. The highest BCUT2D eigenvalue weighted by Crippen LogP contribution is 2.56. The van der Waals surface area contributed by atoms with Gasteiger partial charge in [-0.3, -0.25) is 4.52 Å². The quantitative estimate of drug-likeness (QED) is 0.453. The van der Waals surface area contributed by atoms with Gasteiger partial charge >= 0.3 is 6.72 Å². The number of hydrogen-bond donors (Lipinski definition) is 0. The average molecular weight is 419 g/mol. The molecule has 0 heterocycles. The second-order valence-corrected chi connectivity index (χ2v) is 9.23. The van der Waals surface area contributed by atoms with Crippen molar-refractivity contribution in [2.45, 2.75) is 26.4 Å². The summed E-state index contributed by atoms with van der Waals surface area (Å²) in [6.45, 7) is 3.57. The van der Waals surface area contributed by atoms with Gasteiger partial charge in [-0.05, 0) is 68.0 Å². The van der Waals surface area contributed by atoms with Crippen LogP contribution in [0.2, 0.25) is 10.0 Å². The van der Waals surface area contributed by atoms with Crippen LogP contribution in [0.4, 0.5) is 0 Å². The van der Waals surface area contributed by atoms with Gasteiger partial charge in [-0.15, -0.1) is 0 Å². The van der Waals surface area contributed by atoms with Gasteiger partial charge in [0.15, 0.2) is 0 Å². The van der Waals surface area contributed by atoms with Gasteiger partial charge in [0.1, 0.15) is 5.60 Å². The van der Waals surface area contributed by atoms with Gasteiger partial charge in [0.25, 0.3) is 0 Å². The molecule has 0 unspecified atom stereocenters. The Hall–Kier alpha value is -0.450. The van der Waals surface area contributed by atoms with Crippen LogP contribution in [-0.2, 0) is 31.0 Å². The fraction of sp³-hybridized carbons (Fsp3) is 0.333. The molecule has 0 atom stereocenters. The predicted octanol–water partition coefficient (Wildman–Crippen LogP) is 6.57. The molecule has 0 aliphatic rings. The smallest absolute Gasteiger partial charge is 0.309 e. The maximum Gasteiger partial charge on any atom is 0.328 e. The summed E-state index contributed by atoms with van der Waals surface area (Å²) in [4.78, 5) is 0. The van der Waals surface area contributed by atoms with Crippen molar-refractivity contribution in [1.29, 1.82) is 0 Å². The lowest BCUT2D eigenvalue weighted by atomic mass is 9.88. The Morgan fingerprint density at radius 3 is 1.52 bits per heavy atom. The Balaban J connectivity index is 2.53. The van der Waals surface area contributed by atoms with E-state index in [1.54, 1.807) is 0 Å². The van der Waals surface area contributed by atoms with E-state index in [2.05, 4.69) is 0 Å². The predicted molar refractivity (Wildman–Crippen MR) is 108 cm³/mol. The summed E-state index contributed by atoms with van der Waals surface area (Å²) in [5.41, 5.74) is 0.926. The fourth-order valence-electron chi connectivity index (χ4n) is 2.44. The Labute approximate surface area is 164 Å². The summed E-state index contributed by atoms with van der Waals surface area (Å²) >= 11 is 17.7. The van der Waals surface area contributed by atoms with Crippen LogP contribution in [0, 0.1) is 0 Å². The highest BCUT2D eigenvalue weighted by molar-refractivity contribution is 8.07. The molecule has 0 saturated heterocycles. The standard InChI is InChI=1S/C18H21Cl2O3PS/c1-4-21-24(25,22-5-2)23-18(3,14-6-10-16(19)11-7-14)15-8-12-17(20)13-9-15/h6-13H,4-5H2,1-3H3. The van der Waals surface area contributed by atoms with E-state index in [1.807, 2.05) is 69.3 Å². The molecule has 2 aromatic carbocycles. The molecule has 0 fully saturated rings. The Morgan fingerprint density at radius 1 is 0.840 bits per heavy atom. The van der Waals surface area contributed by atoms with Gasteiger partial charge in [-0.1, -0.05) is 47.5 Å². The van der Waals surface area contributed by atoms with Crippen LogP contribution in [0.15, 0.2) is 48.5 Å². The van der Waals surface area contributed by atoms with Gasteiger partial charge in [-0.2, -0.15) is 0 Å². The van der Waals surface area contributed by atoms with E-state index in [9.17, 15) is 0 Å². The third-order valence-corrected chi connectivity index (χ3v) is 6.76. The van der Waals surface area contributed by atoms with Crippen LogP contribution in [-0.4, -0.2) is 13.2 Å². The van der Waals surface area contributed by atoms with Crippen LogP contribution in [0.3, 0.4) is 0 Å². The minimum atomic E-state index is -2.93. The number of benzene rings is 2. The van der Waals surface area contributed by atoms with E-state index in [-0.39, 0.29) is 0 Å². The molecule has 7 heteroatoms. The molecular formula is C18H21Cl2O3PS. The molecule has 2 rings (SSSR count). The average Bonchev–Trinajstić information content (AvgIpc) is 2.56. The molecule has 0 spiro atoms. The zero-order valence-corrected chi connectivity index (χ0v) is 17.6. The lowest BCUT2D eigenvalue weighted by molar-refractivity contribution is 0.0765. The van der Waals surface area contributed by atoms with Crippen LogP contribution < -0.4 is 0 Å². The SMILES string of the molecule is CCOP(=S)(OCC)OC(C)(c1ccc(Cl)cc1)c1ccc(Cl)cc1. The first kappa shape index (κ1) is 20.9. The Bertz CT molecular complexity index is 679. The van der Waals surface area contributed by atoms with Crippen LogP contribution in [0.5, 0.6) is 0 Å². The van der Waals surface area contributed by atoms with E-state index in [0.29, 0.717) is 23.3 Å². The van der Waals surface area contributed by atoms with Crippen molar-refractivity contribution in [2.24, 2.45) is 0 Å². The molecule has 25 heavy (non-hydrogen) atoms. The third kappa shape index (κ3) is 5.27. The largest absolute Gasteiger partial charge is 0.328 e. The molecule has 0 amide bonds. The number of halogens is 2. The highest BCUT2D eigenvalue weighted by atomic mass is 35.5. The first-order valence-corrected chi connectivity index (χ1v) is 11.3. The molecule has 3 nitrogen and oxygen atoms in total. The lowest BCUT2D eigenvalue weighted by Gasteiger charge is -2.35. The minimum Gasteiger partial charge on any atom is -0.309 e. The minimum absolute atomic E-state index is 0.411. The summed E-state index contributed by atoms with van der Waals surface area (Å²) < 4.78 is 17.7. The Morgan fingerprint density at radius 2 is 1.20 bits per heavy atom. The molecule has 0 N–H and O–H groups in total. The van der Waals surface area contributed by atoms with Crippen molar-refractivity contribution in [1.82, 2.24) is 0 Å².